The Hall–Kier alpha value is -2.30. The molecule has 3 N–H and O–H groups in total. The highest BCUT2D eigenvalue weighted by Crippen LogP contribution is 2.26. The maximum absolute atomic E-state index is 5.76. The summed E-state index contributed by atoms with van der Waals surface area (Å²) in [6, 6.07) is 13.9. The van der Waals surface area contributed by atoms with E-state index >= 15 is 0 Å². The highest BCUT2D eigenvalue weighted by molar-refractivity contribution is 5.85. The van der Waals surface area contributed by atoms with E-state index in [4.69, 9.17) is 5.84 Å². The van der Waals surface area contributed by atoms with Crippen molar-refractivity contribution in [2.45, 2.75) is 13.0 Å². The Morgan fingerprint density at radius 1 is 1.05 bits per heavy atom. The average Bonchev–Trinajstić information content (AvgIpc) is 2.48. The second kappa shape index (κ2) is 5.36. The van der Waals surface area contributed by atoms with Gasteiger partial charge < -0.3 is 0 Å². The minimum Gasteiger partial charge on any atom is -0.271 e. The first-order chi connectivity index (χ1) is 9.79. The third kappa shape index (κ3) is 2.27. The van der Waals surface area contributed by atoms with Crippen molar-refractivity contribution in [1.29, 1.82) is 0 Å². The molecule has 0 fully saturated rings. The lowest BCUT2D eigenvalue weighted by molar-refractivity contribution is 0.621. The van der Waals surface area contributed by atoms with E-state index in [-0.39, 0.29) is 6.04 Å². The number of fused-ring (bicyclic) bond motifs is 1. The molecular formula is C16H16N4. The van der Waals surface area contributed by atoms with Crippen LogP contribution >= 0.6 is 0 Å². The van der Waals surface area contributed by atoms with Crippen molar-refractivity contribution in [2.24, 2.45) is 5.84 Å². The molecule has 3 aromatic rings. The summed E-state index contributed by atoms with van der Waals surface area (Å²) in [6.07, 6.45) is 3.70. The minimum absolute atomic E-state index is 0.173. The van der Waals surface area contributed by atoms with Crippen LogP contribution in [0.3, 0.4) is 0 Å². The topological polar surface area (TPSA) is 63.8 Å². The maximum Gasteiger partial charge on any atom is 0.0902 e. The first-order valence-electron chi connectivity index (χ1n) is 6.52. The lowest BCUT2D eigenvalue weighted by atomic mass is 9.99. The largest absolute Gasteiger partial charge is 0.271 e. The smallest absolute Gasteiger partial charge is 0.0902 e. The number of hydrogen-bond donors (Lipinski definition) is 2. The van der Waals surface area contributed by atoms with E-state index in [2.05, 4.69) is 21.5 Å². The molecule has 0 saturated carbocycles. The molecule has 0 aliphatic heterocycles. The molecule has 0 bridgehead atoms. The fraction of sp³-hybridized carbons (Fsp3) is 0.125. The number of benzene rings is 1. The molecule has 1 unspecified atom stereocenters. The van der Waals surface area contributed by atoms with E-state index in [9.17, 15) is 0 Å². The van der Waals surface area contributed by atoms with E-state index in [1.807, 2.05) is 55.7 Å². The molecule has 0 aliphatic carbocycles. The number of pyridine rings is 2. The Bertz CT molecular complexity index is 734. The van der Waals surface area contributed by atoms with E-state index in [0.717, 1.165) is 27.7 Å². The molecule has 0 radical (unpaired) electrons. The predicted molar refractivity (Wildman–Crippen MR) is 79.9 cm³/mol. The van der Waals surface area contributed by atoms with Gasteiger partial charge in [0.25, 0.3) is 0 Å². The number of hydrogen-bond acceptors (Lipinski definition) is 4. The molecule has 0 aliphatic rings. The summed E-state index contributed by atoms with van der Waals surface area (Å²) in [5.41, 5.74) is 5.75. The van der Waals surface area contributed by atoms with Gasteiger partial charge in [0, 0.05) is 29.0 Å². The predicted octanol–water partition coefficient (Wildman–Crippen LogP) is 2.49. The standard InChI is InChI=1S/C16H16N4/c1-11-5-4-8-15(19-11)16(20-17)14-10-18-9-12-6-2-3-7-13(12)14/h2-10,16,20H,17H2,1H3. The molecule has 0 spiro atoms. The highest BCUT2D eigenvalue weighted by Gasteiger charge is 2.16. The number of hydrazine groups is 1. The Morgan fingerprint density at radius 2 is 1.90 bits per heavy atom. The van der Waals surface area contributed by atoms with Crippen LogP contribution in [0.1, 0.15) is 23.0 Å². The van der Waals surface area contributed by atoms with Gasteiger partial charge >= 0.3 is 0 Å². The third-order valence-electron chi connectivity index (χ3n) is 3.38. The van der Waals surface area contributed by atoms with Crippen LogP contribution < -0.4 is 11.3 Å². The van der Waals surface area contributed by atoms with E-state index in [1.165, 1.54) is 0 Å². The molecule has 100 valence electrons. The van der Waals surface area contributed by atoms with Crippen LogP contribution in [0, 0.1) is 6.92 Å². The summed E-state index contributed by atoms with van der Waals surface area (Å²) in [5.74, 6) is 5.76. The molecule has 4 heteroatoms. The van der Waals surface area contributed by atoms with Crippen molar-refractivity contribution in [1.82, 2.24) is 15.4 Å². The summed E-state index contributed by atoms with van der Waals surface area (Å²) in [5, 5.41) is 2.23. The number of aromatic nitrogens is 2. The molecular weight excluding hydrogens is 248 g/mol. The zero-order valence-corrected chi connectivity index (χ0v) is 11.2. The molecule has 1 atom stereocenters. The molecule has 0 saturated heterocycles. The monoisotopic (exact) mass is 264 g/mol. The van der Waals surface area contributed by atoms with Crippen LogP contribution in [-0.4, -0.2) is 9.97 Å². The van der Waals surface area contributed by atoms with E-state index in [1.54, 1.807) is 0 Å². The van der Waals surface area contributed by atoms with Crippen LogP contribution in [-0.2, 0) is 0 Å². The normalized spacial score (nSPS) is 12.5. The van der Waals surface area contributed by atoms with Gasteiger partial charge in [0.2, 0.25) is 0 Å². The molecule has 1 aromatic carbocycles. The fourth-order valence-corrected chi connectivity index (χ4v) is 2.43. The molecule has 0 amide bonds. The Kier molecular flexibility index (Phi) is 3.41. The van der Waals surface area contributed by atoms with Gasteiger partial charge in [-0.05, 0) is 24.4 Å². The Labute approximate surface area is 117 Å². The summed E-state index contributed by atoms with van der Waals surface area (Å²) >= 11 is 0. The van der Waals surface area contributed by atoms with Gasteiger partial charge in [-0.15, -0.1) is 0 Å². The number of nitrogens with one attached hydrogen (secondary N) is 1. The summed E-state index contributed by atoms with van der Waals surface area (Å²) < 4.78 is 0. The van der Waals surface area contributed by atoms with Gasteiger partial charge in [-0.1, -0.05) is 30.3 Å². The second-order valence-electron chi connectivity index (χ2n) is 4.75. The van der Waals surface area contributed by atoms with Gasteiger partial charge in [0.1, 0.15) is 0 Å². The summed E-state index contributed by atoms with van der Waals surface area (Å²) in [4.78, 5) is 8.86. The quantitative estimate of drug-likeness (QED) is 0.563. The maximum atomic E-state index is 5.76. The van der Waals surface area contributed by atoms with Crippen molar-refractivity contribution in [3.8, 4) is 0 Å². The first-order valence-corrected chi connectivity index (χ1v) is 6.52. The lowest BCUT2D eigenvalue weighted by Gasteiger charge is -2.18. The van der Waals surface area contributed by atoms with Gasteiger partial charge in [0.15, 0.2) is 0 Å². The number of aryl methyl sites for hydroxylation is 1. The zero-order valence-electron chi connectivity index (χ0n) is 11.2. The van der Waals surface area contributed by atoms with Crippen molar-refractivity contribution in [2.75, 3.05) is 0 Å². The molecule has 20 heavy (non-hydrogen) atoms. The second-order valence-corrected chi connectivity index (χ2v) is 4.75. The minimum atomic E-state index is -0.173. The molecule has 3 rings (SSSR count). The first kappa shape index (κ1) is 12.7. The van der Waals surface area contributed by atoms with E-state index < -0.39 is 0 Å². The van der Waals surface area contributed by atoms with Crippen LogP contribution in [0.5, 0.6) is 0 Å². The van der Waals surface area contributed by atoms with Crippen LogP contribution in [0.25, 0.3) is 10.8 Å². The van der Waals surface area contributed by atoms with Crippen molar-refractivity contribution in [3.05, 3.63) is 71.8 Å². The number of rotatable bonds is 3. The third-order valence-corrected chi connectivity index (χ3v) is 3.38. The zero-order chi connectivity index (χ0) is 13.9. The molecule has 2 aromatic heterocycles. The average molecular weight is 264 g/mol. The van der Waals surface area contributed by atoms with E-state index in [0.29, 0.717) is 0 Å². The van der Waals surface area contributed by atoms with Crippen LogP contribution in [0.15, 0.2) is 54.9 Å². The van der Waals surface area contributed by atoms with Gasteiger partial charge in [-0.25, -0.2) is 5.43 Å². The number of nitrogens with zero attached hydrogens (tertiary/aromatic N) is 2. The Balaban J connectivity index is 2.17. The van der Waals surface area contributed by atoms with Gasteiger partial charge in [-0.3, -0.25) is 15.8 Å². The highest BCUT2D eigenvalue weighted by atomic mass is 15.2. The van der Waals surface area contributed by atoms with Crippen LogP contribution in [0.2, 0.25) is 0 Å². The Morgan fingerprint density at radius 3 is 2.70 bits per heavy atom. The summed E-state index contributed by atoms with van der Waals surface area (Å²) in [7, 11) is 0. The van der Waals surface area contributed by atoms with Gasteiger partial charge in [-0.2, -0.15) is 0 Å². The number of nitrogens with two attached hydrogens (primary N) is 1. The van der Waals surface area contributed by atoms with Crippen molar-refractivity contribution in [3.63, 3.8) is 0 Å². The lowest BCUT2D eigenvalue weighted by Crippen LogP contribution is -2.29. The summed E-state index contributed by atoms with van der Waals surface area (Å²) in [6.45, 7) is 1.97. The van der Waals surface area contributed by atoms with Crippen molar-refractivity contribution >= 4 is 10.8 Å². The van der Waals surface area contributed by atoms with Crippen molar-refractivity contribution < 1.29 is 0 Å². The fourth-order valence-electron chi connectivity index (χ4n) is 2.43. The molecule has 2 heterocycles. The molecule has 4 nitrogen and oxygen atoms in total. The van der Waals surface area contributed by atoms with Gasteiger partial charge in [0.05, 0.1) is 11.7 Å². The SMILES string of the molecule is Cc1cccc(C(NN)c2cncc3ccccc23)n1. The van der Waals surface area contributed by atoms with Crippen LogP contribution in [0.4, 0.5) is 0 Å².